The van der Waals surface area contributed by atoms with Crippen molar-refractivity contribution in [2.75, 3.05) is 26.7 Å². The van der Waals surface area contributed by atoms with Crippen molar-refractivity contribution in [2.45, 2.75) is 44.3 Å². The van der Waals surface area contributed by atoms with E-state index in [-0.39, 0.29) is 0 Å². The van der Waals surface area contributed by atoms with Crippen molar-refractivity contribution < 1.29 is 0 Å². The Morgan fingerprint density at radius 2 is 2.14 bits per heavy atom. The number of likely N-dealkylation sites (N-methyl/N-ethyl adjacent to an activating group) is 1. The summed E-state index contributed by atoms with van der Waals surface area (Å²) in [6.07, 6.45) is 4.23. The molecule has 0 spiro atoms. The van der Waals surface area contributed by atoms with E-state index in [0.717, 1.165) is 18.6 Å². The van der Waals surface area contributed by atoms with E-state index in [4.69, 9.17) is 0 Å². The molecule has 0 amide bonds. The van der Waals surface area contributed by atoms with Gasteiger partial charge < -0.3 is 10.6 Å². The van der Waals surface area contributed by atoms with Crippen LogP contribution in [0.15, 0.2) is 0 Å². The third kappa shape index (κ3) is 2.69. The topological polar surface area (TPSA) is 27.3 Å². The lowest BCUT2D eigenvalue weighted by atomic mass is 10.2. The van der Waals surface area contributed by atoms with Crippen molar-refractivity contribution in [2.24, 2.45) is 0 Å². The molecule has 3 heteroatoms. The summed E-state index contributed by atoms with van der Waals surface area (Å²) in [5, 5.41) is 6.90. The SMILES string of the molecule is CNC(C)CNC1CCN(C2CC2)C1. The Hall–Kier alpha value is -0.120. The number of hydrogen-bond acceptors (Lipinski definition) is 3. The lowest BCUT2D eigenvalue weighted by Crippen LogP contribution is -2.41. The van der Waals surface area contributed by atoms with Crippen LogP contribution in [0, 0.1) is 0 Å². The smallest absolute Gasteiger partial charge is 0.0207 e. The average molecular weight is 197 g/mol. The minimum absolute atomic E-state index is 0.588. The molecule has 1 saturated carbocycles. The van der Waals surface area contributed by atoms with Crippen LogP contribution in [0.3, 0.4) is 0 Å². The summed E-state index contributed by atoms with van der Waals surface area (Å²) >= 11 is 0. The molecule has 3 nitrogen and oxygen atoms in total. The van der Waals surface area contributed by atoms with Gasteiger partial charge in [-0.05, 0) is 33.2 Å². The Bertz CT molecular complexity index is 179. The molecule has 1 saturated heterocycles. The van der Waals surface area contributed by atoms with E-state index in [1.165, 1.54) is 32.4 Å². The first-order valence-electron chi connectivity index (χ1n) is 5.94. The Kier molecular flexibility index (Phi) is 3.42. The van der Waals surface area contributed by atoms with Gasteiger partial charge in [0.15, 0.2) is 0 Å². The predicted octanol–water partition coefficient (Wildman–Crippen LogP) is 0.421. The molecule has 0 aromatic rings. The number of hydrogen-bond donors (Lipinski definition) is 2. The Labute approximate surface area is 87.2 Å². The molecule has 1 aliphatic heterocycles. The van der Waals surface area contributed by atoms with Gasteiger partial charge in [-0.1, -0.05) is 0 Å². The highest BCUT2D eigenvalue weighted by atomic mass is 15.2. The molecule has 0 bridgehead atoms. The van der Waals surface area contributed by atoms with Crippen LogP contribution in [0.2, 0.25) is 0 Å². The maximum absolute atomic E-state index is 3.64. The zero-order valence-electron chi connectivity index (χ0n) is 9.42. The molecular weight excluding hydrogens is 174 g/mol. The molecule has 0 aromatic heterocycles. The van der Waals surface area contributed by atoms with Gasteiger partial charge in [0.2, 0.25) is 0 Å². The largest absolute Gasteiger partial charge is 0.316 e. The maximum Gasteiger partial charge on any atom is 0.0207 e. The van der Waals surface area contributed by atoms with Crippen molar-refractivity contribution in [1.29, 1.82) is 0 Å². The van der Waals surface area contributed by atoms with Gasteiger partial charge in [0.25, 0.3) is 0 Å². The Morgan fingerprint density at radius 3 is 2.79 bits per heavy atom. The highest BCUT2D eigenvalue weighted by Crippen LogP contribution is 2.29. The number of rotatable bonds is 5. The van der Waals surface area contributed by atoms with Crippen molar-refractivity contribution in [1.82, 2.24) is 15.5 Å². The van der Waals surface area contributed by atoms with Crippen molar-refractivity contribution in [3.05, 3.63) is 0 Å². The van der Waals surface area contributed by atoms with E-state index in [1.807, 2.05) is 7.05 Å². The van der Waals surface area contributed by atoms with Gasteiger partial charge in [-0.3, -0.25) is 4.90 Å². The quantitative estimate of drug-likeness (QED) is 0.669. The predicted molar refractivity (Wildman–Crippen MR) is 59.5 cm³/mol. The minimum Gasteiger partial charge on any atom is -0.316 e. The maximum atomic E-state index is 3.64. The summed E-state index contributed by atoms with van der Waals surface area (Å²) in [6, 6.07) is 2.28. The molecule has 2 fully saturated rings. The summed E-state index contributed by atoms with van der Waals surface area (Å²) < 4.78 is 0. The number of likely N-dealkylation sites (tertiary alicyclic amines) is 1. The van der Waals surface area contributed by atoms with Crippen molar-refractivity contribution >= 4 is 0 Å². The first-order chi connectivity index (χ1) is 6.79. The van der Waals surface area contributed by atoms with Crippen LogP contribution in [0.25, 0.3) is 0 Å². The van der Waals surface area contributed by atoms with Gasteiger partial charge >= 0.3 is 0 Å². The van der Waals surface area contributed by atoms with Gasteiger partial charge in [-0.15, -0.1) is 0 Å². The second-order valence-electron chi connectivity index (χ2n) is 4.81. The number of nitrogens with zero attached hydrogens (tertiary/aromatic N) is 1. The molecule has 0 aromatic carbocycles. The summed E-state index contributed by atoms with van der Waals surface area (Å²) in [5.74, 6) is 0. The van der Waals surface area contributed by atoms with Crippen LogP contribution in [0.5, 0.6) is 0 Å². The molecule has 1 aliphatic carbocycles. The highest BCUT2D eigenvalue weighted by Gasteiger charge is 2.33. The molecule has 1 heterocycles. The van der Waals surface area contributed by atoms with Crippen LogP contribution >= 0.6 is 0 Å². The van der Waals surface area contributed by atoms with Gasteiger partial charge in [0.1, 0.15) is 0 Å². The lowest BCUT2D eigenvalue weighted by molar-refractivity contribution is 0.316. The van der Waals surface area contributed by atoms with Crippen molar-refractivity contribution in [3.8, 4) is 0 Å². The van der Waals surface area contributed by atoms with E-state index in [1.54, 1.807) is 0 Å². The second kappa shape index (κ2) is 4.60. The fraction of sp³-hybridized carbons (Fsp3) is 1.00. The molecule has 14 heavy (non-hydrogen) atoms. The Balaban J connectivity index is 1.63. The second-order valence-corrected chi connectivity index (χ2v) is 4.81. The monoisotopic (exact) mass is 197 g/mol. The highest BCUT2D eigenvalue weighted by molar-refractivity contribution is 4.92. The summed E-state index contributed by atoms with van der Waals surface area (Å²) in [7, 11) is 2.03. The standard InChI is InChI=1S/C11H23N3/c1-9(12-2)7-13-10-5-6-14(8-10)11-3-4-11/h9-13H,3-8H2,1-2H3. The third-order valence-electron chi connectivity index (χ3n) is 3.49. The van der Waals surface area contributed by atoms with E-state index >= 15 is 0 Å². The summed E-state index contributed by atoms with van der Waals surface area (Å²) in [4.78, 5) is 2.65. The number of nitrogens with one attached hydrogen (secondary N) is 2. The Morgan fingerprint density at radius 1 is 1.36 bits per heavy atom. The van der Waals surface area contributed by atoms with Gasteiger partial charge in [-0.2, -0.15) is 0 Å². The van der Waals surface area contributed by atoms with Crippen LogP contribution in [-0.2, 0) is 0 Å². The molecule has 2 atom stereocenters. The van der Waals surface area contributed by atoms with Gasteiger partial charge in [0.05, 0.1) is 0 Å². The molecule has 2 aliphatic rings. The normalized spacial score (nSPS) is 30.9. The molecule has 2 N–H and O–H groups in total. The molecule has 2 unspecified atom stereocenters. The zero-order valence-corrected chi connectivity index (χ0v) is 9.42. The zero-order chi connectivity index (χ0) is 9.97. The lowest BCUT2D eigenvalue weighted by Gasteiger charge is -2.18. The summed E-state index contributed by atoms with van der Waals surface area (Å²) in [6.45, 7) is 5.91. The fourth-order valence-corrected chi connectivity index (χ4v) is 2.17. The molecule has 2 rings (SSSR count). The van der Waals surface area contributed by atoms with Crippen LogP contribution < -0.4 is 10.6 Å². The molecule has 82 valence electrons. The first kappa shape index (κ1) is 10.4. The minimum atomic E-state index is 0.588. The summed E-state index contributed by atoms with van der Waals surface area (Å²) in [5.41, 5.74) is 0. The van der Waals surface area contributed by atoms with E-state index in [9.17, 15) is 0 Å². The van der Waals surface area contributed by atoms with E-state index in [2.05, 4.69) is 22.5 Å². The molecule has 0 radical (unpaired) electrons. The van der Waals surface area contributed by atoms with Crippen molar-refractivity contribution in [3.63, 3.8) is 0 Å². The van der Waals surface area contributed by atoms with Gasteiger partial charge in [-0.25, -0.2) is 0 Å². The van der Waals surface area contributed by atoms with E-state index < -0.39 is 0 Å². The van der Waals surface area contributed by atoms with Gasteiger partial charge in [0, 0.05) is 37.8 Å². The molecular formula is C11H23N3. The van der Waals surface area contributed by atoms with Crippen LogP contribution in [-0.4, -0.2) is 49.7 Å². The average Bonchev–Trinajstić information content (AvgIpc) is 2.95. The van der Waals surface area contributed by atoms with Crippen LogP contribution in [0.1, 0.15) is 26.2 Å². The third-order valence-corrected chi connectivity index (χ3v) is 3.49. The van der Waals surface area contributed by atoms with E-state index in [0.29, 0.717) is 6.04 Å². The first-order valence-corrected chi connectivity index (χ1v) is 5.94. The van der Waals surface area contributed by atoms with Crippen LogP contribution in [0.4, 0.5) is 0 Å². The fourth-order valence-electron chi connectivity index (χ4n) is 2.17.